The van der Waals surface area contributed by atoms with Gasteiger partial charge in [0.25, 0.3) is 0 Å². The van der Waals surface area contributed by atoms with Crippen LogP contribution in [0.5, 0.6) is 0 Å². The molecule has 1 aromatic heterocycles. The Balaban J connectivity index is 1.90. The number of carbonyl (C=O) groups is 1. The van der Waals surface area contributed by atoms with E-state index in [1.807, 2.05) is 62.5 Å². The van der Waals surface area contributed by atoms with Crippen molar-refractivity contribution >= 4 is 28.4 Å². The first-order valence-electron chi connectivity index (χ1n) is 6.93. The van der Waals surface area contributed by atoms with Gasteiger partial charge in [0.2, 0.25) is 0 Å². The zero-order valence-electron chi connectivity index (χ0n) is 12.2. The van der Waals surface area contributed by atoms with E-state index in [2.05, 4.69) is 10.6 Å². The molecule has 106 valence electrons. The van der Waals surface area contributed by atoms with Gasteiger partial charge in [0, 0.05) is 34.1 Å². The van der Waals surface area contributed by atoms with Crippen molar-refractivity contribution in [2.75, 3.05) is 5.75 Å². The molecule has 0 spiro atoms. The fourth-order valence-corrected chi connectivity index (χ4v) is 3.40. The molecule has 3 aromatic rings. The van der Waals surface area contributed by atoms with Crippen LogP contribution in [-0.2, 0) is 7.05 Å². The van der Waals surface area contributed by atoms with Crippen molar-refractivity contribution in [3.8, 4) is 0 Å². The molecule has 0 amide bonds. The molecule has 3 rings (SSSR count). The van der Waals surface area contributed by atoms with Crippen molar-refractivity contribution in [1.82, 2.24) is 4.57 Å². The van der Waals surface area contributed by atoms with Crippen molar-refractivity contribution in [2.24, 2.45) is 7.05 Å². The molecule has 21 heavy (non-hydrogen) atoms. The Morgan fingerprint density at radius 2 is 1.71 bits per heavy atom. The summed E-state index contributed by atoms with van der Waals surface area (Å²) in [6, 6.07) is 18.1. The van der Waals surface area contributed by atoms with Gasteiger partial charge >= 0.3 is 0 Å². The summed E-state index contributed by atoms with van der Waals surface area (Å²) in [5.74, 6) is 0.664. The number of Topliss-reactive ketones (excluding diaryl/α,β-unsaturated/α-hetero) is 1. The van der Waals surface area contributed by atoms with E-state index in [1.54, 1.807) is 11.8 Å². The highest BCUT2D eigenvalue weighted by atomic mass is 32.2. The maximum Gasteiger partial charge on any atom is 0.175 e. The van der Waals surface area contributed by atoms with E-state index in [9.17, 15) is 4.79 Å². The molecule has 1 heterocycles. The van der Waals surface area contributed by atoms with Gasteiger partial charge in [0.15, 0.2) is 5.78 Å². The Kier molecular flexibility index (Phi) is 3.84. The topological polar surface area (TPSA) is 22.0 Å². The molecule has 0 saturated heterocycles. The average molecular weight is 295 g/mol. The number of aryl methyl sites for hydroxylation is 1. The van der Waals surface area contributed by atoms with Gasteiger partial charge in [-0.15, -0.1) is 11.8 Å². The SMILES string of the molecule is Cc1c(C(=O)CSc2ccccc2)c2ccccc2n1C. The molecule has 0 aliphatic heterocycles. The van der Waals surface area contributed by atoms with E-state index >= 15 is 0 Å². The largest absolute Gasteiger partial charge is 0.347 e. The molecule has 0 atom stereocenters. The summed E-state index contributed by atoms with van der Waals surface area (Å²) in [5, 5.41) is 1.05. The van der Waals surface area contributed by atoms with Crippen molar-refractivity contribution in [3.05, 3.63) is 65.9 Å². The normalized spacial score (nSPS) is 11.0. The van der Waals surface area contributed by atoms with Gasteiger partial charge in [-0.1, -0.05) is 36.4 Å². The Hall–Kier alpha value is -2.00. The van der Waals surface area contributed by atoms with Crippen molar-refractivity contribution in [1.29, 1.82) is 0 Å². The fourth-order valence-electron chi connectivity index (χ4n) is 2.61. The molecule has 0 saturated carbocycles. The van der Waals surface area contributed by atoms with Crippen LogP contribution in [0, 0.1) is 6.92 Å². The minimum absolute atomic E-state index is 0.193. The van der Waals surface area contributed by atoms with Crippen LogP contribution in [0.4, 0.5) is 0 Å². The minimum Gasteiger partial charge on any atom is -0.347 e. The Bertz CT molecular complexity index is 790. The van der Waals surface area contributed by atoms with E-state index < -0.39 is 0 Å². The highest BCUT2D eigenvalue weighted by molar-refractivity contribution is 8.00. The number of fused-ring (bicyclic) bond motifs is 1. The summed E-state index contributed by atoms with van der Waals surface area (Å²) in [6.45, 7) is 2.01. The van der Waals surface area contributed by atoms with Gasteiger partial charge in [0.05, 0.1) is 5.75 Å². The van der Waals surface area contributed by atoms with Crippen LogP contribution in [0.2, 0.25) is 0 Å². The van der Waals surface area contributed by atoms with Crippen LogP contribution >= 0.6 is 11.8 Å². The van der Waals surface area contributed by atoms with Gasteiger partial charge in [-0.05, 0) is 25.1 Å². The van der Waals surface area contributed by atoms with E-state index in [0.29, 0.717) is 5.75 Å². The van der Waals surface area contributed by atoms with Crippen LogP contribution in [0.25, 0.3) is 10.9 Å². The second-order valence-electron chi connectivity index (χ2n) is 5.06. The van der Waals surface area contributed by atoms with Crippen molar-refractivity contribution in [3.63, 3.8) is 0 Å². The summed E-state index contributed by atoms with van der Waals surface area (Å²) in [5.41, 5.74) is 3.01. The summed E-state index contributed by atoms with van der Waals surface area (Å²) in [7, 11) is 2.01. The molecule has 0 bridgehead atoms. The molecule has 0 unspecified atom stereocenters. The monoisotopic (exact) mass is 295 g/mol. The standard InChI is InChI=1S/C18H17NOS/c1-13-18(15-10-6-7-11-16(15)19(13)2)17(20)12-21-14-8-4-3-5-9-14/h3-11H,12H2,1-2H3. The van der Waals surface area contributed by atoms with Crippen molar-refractivity contribution < 1.29 is 4.79 Å². The summed E-state index contributed by atoms with van der Waals surface area (Å²) in [6.07, 6.45) is 0. The zero-order valence-corrected chi connectivity index (χ0v) is 13.0. The third-order valence-electron chi connectivity index (χ3n) is 3.79. The lowest BCUT2D eigenvalue weighted by Gasteiger charge is -2.03. The maximum atomic E-state index is 12.6. The Labute approximate surface area is 128 Å². The second kappa shape index (κ2) is 5.78. The molecule has 0 N–H and O–H groups in total. The summed E-state index contributed by atoms with van der Waals surface area (Å²) in [4.78, 5) is 13.8. The zero-order chi connectivity index (χ0) is 14.8. The van der Waals surface area contributed by atoms with Crippen molar-refractivity contribution in [2.45, 2.75) is 11.8 Å². The third kappa shape index (κ3) is 2.61. The number of hydrogen-bond donors (Lipinski definition) is 0. The number of nitrogens with zero attached hydrogens (tertiary/aromatic N) is 1. The number of thioether (sulfide) groups is 1. The lowest BCUT2D eigenvalue weighted by molar-refractivity contribution is 0.102. The Morgan fingerprint density at radius 3 is 2.48 bits per heavy atom. The predicted octanol–water partition coefficient (Wildman–Crippen LogP) is 4.46. The van der Waals surface area contributed by atoms with E-state index in [4.69, 9.17) is 0 Å². The smallest absolute Gasteiger partial charge is 0.175 e. The number of ketones is 1. The molecular weight excluding hydrogens is 278 g/mol. The van der Waals surface area contributed by atoms with Gasteiger partial charge in [-0.3, -0.25) is 4.79 Å². The predicted molar refractivity (Wildman–Crippen MR) is 89.2 cm³/mol. The van der Waals surface area contributed by atoms with E-state index in [-0.39, 0.29) is 5.78 Å². The van der Waals surface area contributed by atoms with E-state index in [1.165, 1.54) is 0 Å². The van der Waals surface area contributed by atoms with Crippen LogP contribution in [0.3, 0.4) is 0 Å². The first-order valence-corrected chi connectivity index (χ1v) is 7.92. The lowest BCUT2D eigenvalue weighted by Crippen LogP contribution is -2.04. The quantitative estimate of drug-likeness (QED) is 0.523. The molecule has 0 radical (unpaired) electrons. The molecular formula is C18H17NOS. The number of carbonyl (C=O) groups excluding carboxylic acids is 1. The number of hydrogen-bond acceptors (Lipinski definition) is 2. The summed E-state index contributed by atoms with van der Waals surface area (Å²) < 4.78 is 2.09. The molecule has 3 heteroatoms. The number of rotatable bonds is 4. The van der Waals surface area contributed by atoms with Gasteiger partial charge in [-0.25, -0.2) is 0 Å². The van der Waals surface area contributed by atoms with Gasteiger partial charge in [0.1, 0.15) is 0 Å². The molecule has 2 nitrogen and oxygen atoms in total. The Morgan fingerprint density at radius 1 is 1.05 bits per heavy atom. The summed E-state index contributed by atoms with van der Waals surface area (Å²) >= 11 is 1.59. The van der Waals surface area contributed by atoms with Crippen LogP contribution in [-0.4, -0.2) is 16.1 Å². The molecule has 0 aliphatic rings. The maximum absolute atomic E-state index is 12.6. The molecule has 2 aromatic carbocycles. The highest BCUT2D eigenvalue weighted by Crippen LogP contribution is 2.27. The van der Waals surface area contributed by atoms with Gasteiger partial charge in [-0.2, -0.15) is 0 Å². The second-order valence-corrected chi connectivity index (χ2v) is 6.11. The number of benzene rings is 2. The van der Waals surface area contributed by atoms with Crippen LogP contribution in [0.15, 0.2) is 59.5 Å². The molecule has 0 aliphatic carbocycles. The first kappa shape index (κ1) is 14.0. The van der Waals surface area contributed by atoms with E-state index in [0.717, 1.165) is 27.1 Å². The molecule has 0 fully saturated rings. The minimum atomic E-state index is 0.193. The number of aromatic nitrogens is 1. The average Bonchev–Trinajstić information content (AvgIpc) is 2.78. The first-order chi connectivity index (χ1) is 10.2. The van der Waals surface area contributed by atoms with Crippen LogP contribution < -0.4 is 0 Å². The number of para-hydroxylation sites is 1. The van der Waals surface area contributed by atoms with Crippen LogP contribution in [0.1, 0.15) is 16.1 Å². The fraction of sp³-hybridized carbons (Fsp3) is 0.167. The highest BCUT2D eigenvalue weighted by Gasteiger charge is 2.18. The lowest BCUT2D eigenvalue weighted by atomic mass is 10.1. The van der Waals surface area contributed by atoms with Gasteiger partial charge < -0.3 is 4.57 Å². The third-order valence-corrected chi connectivity index (χ3v) is 4.80.